The minimum absolute atomic E-state index is 0. The van der Waals surface area contributed by atoms with E-state index in [0.717, 1.165) is 38.5 Å². The van der Waals surface area contributed by atoms with Gasteiger partial charge in [0.1, 0.15) is 0 Å². The zero-order valence-electron chi connectivity index (χ0n) is 12.8. The van der Waals surface area contributed by atoms with E-state index in [1.54, 1.807) is 10.4 Å². The second kappa shape index (κ2) is 7.30. The van der Waals surface area contributed by atoms with Crippen molar-refractivity contribution in [3.63, 3.8) is 0 Å². The zero-order chi connectivity index (χ0) is 14.9. The highest BCUT2D eigenvalue weighted by Gasteiger charge is 2.33. The van der Waals surface area contributed by atoms with Crippen molar-refractivity contribution in [3.05, 3.63) is 29.3 Å². The number of rotatable bonds is 3. The van der Waals surface area contributed by atoms with E-state index in [-0.39, 0.29) is 18.4 Å². The highest BCUT2D eigenvalue weighted by molar-refractivity contribution is 7.89. The number of benzene rings is 1. The molecule has 2 N–H and O–H groups in total. The third-order valence-electron chi connectivity index (χ3n) is 4.77. The topological polar surface area (TPSA) is 63.4 Å². The second-order valence-corrected chi connectivity index (χ2v) is 8.03. The molecule has 0 bridgehead atoms. The molecule has 0 radical (unpaired) electrons. The van der Waals surface area contributed by atoms with Crippen molar-refractivity contribution in [1.29, 1.82) is 0 Å². The number of nitrogens with zero attached hydrogens (tertiary/aromatic N) is 1. The highest BCUT2D eigenvalue weighted by Crippen LogP contribution is 2.28. The van der Waals surface area contributed by atoms with Gasteiger partial charge in [0, 0.05) is 19.1 Å². The van der Waals surface area contributed by atoms with E-state index < -0.39 is 10.0 Å². The summed E-state index contributed by atoms with van der Waals surface area (Å²) in [4.78, 5) is 0.448. The van der Waals surface area contributed by atoms with E-state index in [4.69, 9.17) is 5.73 Å². The standard InChI is InChI=1S/C16H24N2O2S.ClH/c17-12-15-7-3-4-10-18(15)21(19,20)16-9-8-13-5-1-2-6-14(13)11-16;/h8-9,11,15H,1-7,10,12,17H2;1H. The number of halogens is 1. The Hall–Kier alpha value is -0.620. The Morgan fingerprint density at radius 3 is 2.55 bits per heavy atom. The van der Waals surface area contributed by atoms with Gasteiger partial charge in [0.25, 0.3) is 0 Å². The van der Waals surface area contributed by atoms with Gasteiger partial charge >= 0.3 is 0 Å². The van der Waals surface area contributed by atoms with Crippen molar-refractivity contribution >= 4 is 22.4 Å². The van der Waals surface area contributed by atoms with Gasteiger partial charge in [-0.15, -0.1) is 12.4 Å². The molecule has 1 aromatic carbocycles. The molecule has 2 aliphatic rings. The van der Waals surface area contributed by atoms with Crippen LogP contribution in [0.1, 0.15) is 43.2 Å². The summed E-state index contributed by atoms with van der Waals surface area (Å²) in [6.07, 6.45) is 7.31. The van der Waals surface area contributed by atoms with Crippen LogP contribution in [-0.2, 0) is 22.9 Å². The molecule has 1 fully saturated rings. The molecule has 1 unspecified atom stereocenters. The lowest BCUT2D eigenvalue weighted by Crippen LogP contribution is -2.47. The van der Waals surface area contributed by atoms with Crippen LogP contribution in [0.5, 0.6) is 0 Å². The van der Waals surface area contributed by atoms with Crippen LogP contribution in [0.15, 0.2) is 23.1 Å². The molecule has 1 aromatic rings. The van der Waals surface area contributed by atoms with Gasteiger partial charge in [0.05, 0.1) is 4.90 Å². The summed E-state index contributed by atoms with van der Waals surface area (Å²) < 4.78 is 27.5. The van der Waals surface area contributed by atoms with E-state index in [1.807, 2.05) is 12.1 Å². The smallest absolute Gasteiger partial charge is 0.243 e. The zero-order valence-corrected chi connectivity index (χ0v) is 14.5. The third-order valence-corrected chi connectivity index (χ3v) is 6.72. The number of fused-ring (bicyclic) bond motifs is 1. The van der Waals surface area contributed by atoms with Crippen LogP contribution in [0, 0.1) is 0 Å². The van der Waals surface area contributed by atoms with Gasteiger partial charge < -0.3 is 5.73 Å². The average molecular weight is 345 g/mol. The van der Waals surface area contributed by atoms with E-state index in [0.29, 0.717) is 18.0 Å². The molecule has 0 saturated carbocycles. The monoisotopic (exact) mass is 344 g/mol. The first kappa shape index (κ1) is 17.7. The molecule has 1 aliphatic carbocycles. The van der Waals surface area contributed by atoms with Gasteiger partial charge in [-0.3, -0.25) is 0 Å². The van der Waals surface area contributed by atoms with Crippen LogP contribution in [0.4, 0.5) is 0 Å². The summed E-state index contributed by atoms with van der Waals surface area (Å²) in [5.41, 5.74) is 8.30. The molecule has 124 valence electrons. The highest BCUT2D eigenvalue weighted by atomic mass is 35.5. The Bertz CT molecular complexity index is 619. The lowest BCUT2D eigenvalue weighted by atomic mass is 9.92. The minimum Gasteiger partial charge on any atom is -0.329 e. The van der Waals surface area contributed by atoms with Gasteiger partial charge in [-0.25, -0.2) is 8.42 Å². The van der Waals surface area contributed by atoms with Crippen molar-refractivity contribution in [1.82, 2.24) is 4.31 Å². The molecule has 1 heterocycles. The van der Waals surface area contributed by atoms with Gasteiger partial charge in [-0.05, 0) is 61.8 Å². The Balaban J connectivity index is 0.00000176. The lowest BCUT2D eigenvalue weighted by Gasteiger charge is -2.34. The first-order valence-corrected chi connectivity index (χ1v) is 9.40. The maximum absolute atomic E-state index is 12.9. The van der Waals surface area contributed by atoms with E-state index >= 15 is 0 Å². The SMILES string of the molecule is Cl.NCC1CCCCN1S(=O)(=O)c1ccc2c(c1)CCCC2. The number of aryl methyl sites for hydroxylation is 2. The number of hydrogen-bond acceptors (Lipinski definition) is 3. The summed E-state index contributed by atoms with van der Waals surface area (Å²) in [5, 5.41) is 0. The van der Waals surface area contributed by atoms with E-state index in [1.165, 1.54) is 17.5 Å². The number of sulfonamides is 1. The Morgan fingerprint density at radius 1 is 1.09 bits per heavy atom. The first-order valence-electron chi connectivity index (χ1n) is 7.96. The second-order valence-electron chi connectivity index (χ2n) is 6.14. The van der Waals surface area contributed by atoms with Crippen LogP contribution in [0.3, 0.4) is 0 Å². The largest absolute Gasteiger partial charge is 0.329 e. The Kier molecular flexibility index (Phi) is 5.88. The summed E-state index contributed by atoms with van der Waals surface area (Å²) in [6.45, 7) is 1.01. The maximum atomic E-state index is 12.9. The van der Waals surface area contributed by atoms with Crippen LogP contribution < -0.4 is 5.73 Å². The van der Waals surface area contributed by atoms with Gasteiger partial charge in [-0.2, -0.15) is 4.31 Å². The number of piperidine rings is 1. The van der Waals surface area contributed by atoms with Gasteiger partial charge in [0.2, 0.25) is 10.0 Å². The van der Waals surface area contributed by atoms with Gasteiger partial charge in [-0.1, -0.05) is 12.5 Å². The fourth-order valence-electron chi connectivity index (χ4n) is 3.53. The molecule has 3 rings (SSSR count). The van der Waals surface area contributed by atoms with Crippen LogP contribution >= 0.6 is 12.4 Å². The van der Waals surface area contributed by atoms with Gasteiger partial charge in [0.15, 0.2) is 0 Å². The minimum atomic E-state index is -3.40. The summed E-state index contributed by atoms with van der Waals surface area (Å²) >= 11 is 0. The van der Waals surface area contributed by atoms with Crippen molar-refractivity contribution < 1.29 is 8.42 Å². The predicted molar refractivity (Wildman–Crippen MR) is 90.9 cm³/mol. The number of nitrogens with two attached hydrogens (primary N) is 1. The molecule has 0 amide bonds. The molecule has 22 heavy (non-hydrogen) atoms. The summed E-state index contributed by atoms with van der Waals surface area (Å²) in [5.74, 6) is 0. The molecule has 0 spiro atoms. The molecule has 4 nitrogen and oxygen atoms in total. The molecule has 1 atom stereocenters. The lowest BCUT2D eigenvalue weighted by molar-refractivity contribution is 0.257. The quantitative estimate of drug-likeness (QED) is 0.916. The van der Waals surface area contributed by atoms with E-state index in [2.05, 4.69) is 0 Å². The van der Waals surface area contributed by atoms with Crippen molar-refractivity contribution in [3.8, 4) is 0 Å². The molecular formula is C16H25ClN2O2S. The first-order chi connectivity index (χ1) is 10.1. The summed E-state index contributed by atoms with van der Waals surface area (Å²) in [6, 6.07) is 5.64. The molecule has 0 aromatic heterocycles. The predicted octanol–water partition coefficient (Wildman–Crippen LogP) is 2.49. The molecule has 6 heteroatoms. The average Bonchev–Trinajstić information content (AvgIpc) is 2.54. The van der Waals surface area contributed by atoms with Crippen molar-refractivity contribution in [2.24, 2.45) is 5.73 Å². The van der Waals surface area contributed by atoms with Crippen LogP contribution in [0.25, 0.3) is 0 Å². The molecular weight excluding hydrogens is 320 g/mol. The van der Waals surface area contributed by atoms with Crippen LogP contribution in [0.2, 0.25) is 0 Å². The van der Waals surface area contributed by atoms with Crippen LogP contribution in [-0.4, -0.2) is 31.9 Å². The van der Waals surface area contributed by atoms with E-state index in [9.17, 15) is 8.42 Å². The van der Waals surface area contributed by atoms with Crippen molar-refractivity contribution in [2.45, 2.75) is 55.9 Å². The molecule has 1 aliphatic heterocycles. The fraction of sp³-hybridized carbons (Fsp3) is 0.625. The Morgan fingerprint density at radius 2 is 1.82 bits per heavy atom. The molecule has 1 saturated heterocycles. The fourth-order valence-corrected chi connectivity index (χ4v) is 5.29. The van der Waals surface area contributed by atoms with Crippen molar-refractivity contribution in [2.75, 3.05) is 13.1 Å². The third kappa shape index (κ3) is 3.32. The number of hydrogen-bond donors (Lipinski definition) is 1. The maximum Gasteiger partial charge on any atom is 0.243 e. The normalized spacial score (nSPS) is 22.7. The summed E-state index contributed by atoms with van der Waals surface area (Å²) in [7, 11) is -3.40. The Labute approximate surface area is 139 Å².